The van der Waals surface area contributed by atoms with E-state index in [-0.39, 0.29) is 5.91 Å². The first-order valence-electron chi connectivity index (χ1n) is 6.73. The summed E-state index contributed by atoms with van der Waals surface area (Å²) in [6.07, 6.45) is 0. The Morgan fingerprint density at radius 2 is 1.81 bits per heavy atom. The molecule has 0 spiro atoms. The van der Waals surface area contributed by atoms with Gasteiger partial charge in [0.25, 0.3) is 5.91 Å². The van der Waals surface area contributed by atoms with Gasteiger partial charge in [-0.15, -0.1) is 0 Å². The molecule has 1 N–H and O–H groups in total. The first-order valence-corrected chi connectivity index (χ1v) is 7.49. The van der Waals surface area contributed by atoms with Gasteiger partial charge in [0.05, 0.1) is 21.4 Å². The summed E-state index contributed by atoms with van der Waals surface area (Å²) >= 11 is 12.2. The average Bonchev–Trinajstić information content (AvgIpc) is 2.50. The zero-order valence-corrected chi connectivity index (χ0v) is 12.9. The number of hydrogen-bond acceptors (Lipinski definition) is 2. The van der Waals surface area contributed by atoms with Crippen molar-refractivity contribution in [1.29, 1.82) is 0 Å². The standard InChI is InChI=1S/C16H14Cl2N2O/c1-2-20-14-9-12(18)11(17)8-13(14)19-15(16(20)21)10-6-4-3-5-7-10/h3-9,15,19H,2H2,1H3. The monoisotopic (exact) mass is 320 g/mol. The predicted octanol–water partition coefficient (Wildman–Crippen LogP) is 4.51. The van der Waals surface area contributed by atoms with E-state index in [1.807, 2.05) is 37.3 Å². The van der Waals surface area contributed by atoms with E-state index in [1.165, 1.54) is 0 Å². The zero-order valence-electron chi connectivity index (χ0n) is 11.4. The summed E-state index contributed by atoms with van der Waals surface area (Å²) < 4.78 is 0. The Morgan fingerprint density at radius 1 is 1.14 bits per heavy atom. The van der Waals surface area contributed by atoms with Crippen LogP contribution in [0.1, 0.15) is 18.5 Å². The van der Waals surface area contributed by atoms with Crippen molar-refractivity contribution in [2.75, 3.05) is 16.8 Å². The highest BCUT2D eigenvalue weighted by Gasteiger charge is 2.33. The van der Waals surface area contributed by atoms with Crippen molar-refractivity contribution in [3.8, 4) is 0 Å². The van der Waals surface area contributed by atoms with Gasteiger partial charge >= 0.3 is 0 Å². The second-order valence-corrected chi connectivity index (χ2v) is 5.67. The van der Waals surface area contributed by atoms with Crippen molar-refractivity contribution < 1.29 is 4.79 Å². The lowest BCUT2D eigenvalue weighted by molar-refractivity contribution is -0.119. The topological polar surface area (TPSA) is 32.3 Å². The van der Waals surface area contributed by atoms with Crippen molar-refractivity contribution in [2.24, 2.45) is 0 Å². The van der Waals surface area contributed by atoms with Crippen LogP contribution in [0.2, 0.25) is 10.0 Å². The number of carbonyl (C=O) groups excluding carboxylic acids is 1. The molecular formula is C16H14Cl2N2O. The maximum absolute atomic E-state index is 12.7. The van der Waals surface area contributed by atoms with Crippen LogP contribution in [0.15, 0.2) is 42.5 Å². The summed E-state index contributed by atoms with van der Waals surface area (Å²) in [4.78, 5) is 14.4. The number of benzene rings is 2. The lowest BCUT2D eigenvalue weighted by Crippen LogP contribution is -2.42. The molecule has 2 aromatic carbocycles. The van der Waals surface area contributed by atoms with Gasteiger partial charge in [-0.05, 0) is 24.6 Å². The molecule has 0 aromatic heterocycles. The molecule has 1 atom stereocenters. The number of nitrogens with zero attached hydrogens (tertiary/aromatic N) is 1. The maximum Gasteiger partial charge on any atom is 0.254 e. The number of carbonyl (C=O) groups is 1. The Labute approximate surface area is 133 Å². The number of nitrogens with one attached hydrogen (secondary N) is 1. The van der Waals surface area contributed by atoms with Gasteiger partial charge in [0, 0.05) is 6.54 Å². The van der Waals surface area contributed by atoms with E-state index in [0.717, 1.165) is 16.9 Å². The number of likely N-dealkylation sites (N-methyl/N-ethyl adjacent to an activating group) is 1. The Kier molecular flexibility index (Phi) is 3.79. The van der Waals surface area contributed by atoms with Crippen LogP contribution in [0.5, 0.6) is 0 Å². The van der Waals surface area contributed by atoms with Crippen molar-refractivity contribution in [3.63, 3.8) is 0 Å². The Hall–Kier alpha value is -1.71. The van der Waals surface area contributed by atoms with Gasteiger partial charge in [0.15, 0.2) is 0 Å². The molecule has 3 rings (SSSR count). The summed E-state index contributed by atoms with van der Waals surface area (Å²) in [6, 6.07) is 12.7. The molecule has 3 nitrogen and oxygen atoms in total. The molecule has 5 heteroatoms. The molecule has 2 aromatic rings. The molecule has 108 valence electrons. The molecule has 0 bridgehead atoms. The van der Waals surface area contributed by atoms with Crippen LogP contribution < -0.4 is 10.2 Å². The smallest absolute Gasteiger partial charge is 0.254 e. The molecule has 21 heavy (non-hydrogen) atoms. The maximum atomic E-state index is 12.7. The fourth-order valence-electron chi connectivity index (χ4n) is 2.56. The minimum absolute atomic E-state index is 0.00888. The van der Waals surface area contributed by atoms with Gasteiger partial charge in [-0.25, -0.2) is 0 Å². The summed E-state index contributed by atoms with van der Waals surface area (Å²) in [7, 11) is 0. The molecule has 0 aliphatic carbocycles. The molecule has 0 saturated carbocycles. The summed E-state index contributed by atoms with van der Waals surface area (Å²) in [5, 5.41) is 4.18. The van der Waals surface area contributed by atoms with E-state index in [1.54, 1.807) is 17.0 Å². The lowest BCUT2D eigenvalue weighted by atomic mass is 10.0. The molecule has 1 amide bonds. The first kappa shape index (κ1) is 14.2. The lowest BCUT2D eigenvalue weighted by Gasteiger charge is -2.35. The summed E-state index contributed by atoms with van der Waals surface area (Å²) in [5.41, 5.74) is 2.52. The van der Waals surface area contributed by atoms with Gasteiger partial charge in [-0.3, -0.25) is 4.79 Å². The number of anilines is 2. The van der Waals surface area contributed by atoms with E-state index in [9.17, 15) is 4.79 Å². The van der Waals surface area contributed by atoms with E-state index in [0.29, 0.717) is 16.6 Å². The Bertz CT molecular complexity index is 688. The first-order chi connectivity index (χ1) is 10.1. The third-order valence-electron chi connectivity index (χ3n) is 3.59. The Morgan fingerprint density at radius 3 is 2.48 bits per heavy atom. The van der Waals surface area contributed by atoms with Crippen LogP contribution in [0.25, 0.3) is 0 Å². The minimum Gasteiger partial charge on any atom is -0.368 e. The van der Waals surface area contributed by atoms with Gasteiger partial charge in [-0.2, -0.15) is 0 Å². The second-order valence-electron chi connectivity index (χ2n) is 4.85. The normalized spacial score (nSPS) is 17.4. The average molecular weight is 321 g/mol. The zero-order chi connectivity index (χ0) is 15.0. The molecule has 0 fully saturated rings. The van der Waals surface area contributed by atoms with Gasteiger partial charge < -0.3 is 10.2 Å². The van der Waals surface area contributed by atoms with Crippen LogP contribution >= 0.6 is 23.2 Å². The fourth-order valence-corrected chi connectivity index (χ4v) is 2.89. The molecule has 1 aliphatic rings. The SMILES string of the molecule is CCN1C(=O)C(c2ccccc2)Nc2cc(Cl)c(Cl)cc21. The molecule has 0 radical (unpaired) electrons. The van der Waals surface area contributed by atoms with Crippen LogP contribution in [-0.4, -0.2) is 12.5 Å². The van der Waals surface area contributed by atoms with E-state index in [2.05, 4.69) is 5.32 Å². The Balaban J connectivity index is 2.09. The third-order valence-corrected chi connectivity index (χ3v) is 4.31. The highest BCUT2D eigenvalue weighted by molar-refractivity contribution is 6.42. The third kappa shape index (κ3) is 2.47. The molecule has 1 heterocycles. The summed E-state index contributed by atoms with van der Waals surface area (Å²) in [6.45, 7) is 2.52. The second kappa shape index (κ2) is 5.58. The van der Waals surface area contributed by atoms with Crippen LogP contribution in [0.3, 0.4) is 0 Å². The van der Waals surface area contributed by atoms with Gasteiger partial charge in [0.2, 0.25) is 0 Å². The molecule has 1 aliphatic heterocycles. The number of fused-ring (bicyclic) bond motifs is 1. The van der Waals surface area contributed by atoms with E-state index in [4.69, 9.17) is 23.2 Å². The van der Waals surface area contributed by atoms with Crippen LogP contribution in [0, 0.1) is 0 Å². The molecule has 0 saturated heterocycles. The summed E-state index contributed by atoms with van der Waals surface area (Å²) in [5.74, 6) is 0.00888. The molecule has 1 unspecified atom stereocenters. The quantitative estimate of drug-likeness (QED) is 0.882. The molecular weight excluding hydrogens is 307 g/mol. The number of halogens is 2. The van der Waals surface area contributed by atoms with Crippen molar-refractivity contribution in [2.45, 2.75) is 13.0 Å². The van der Waals surface area contributed by atoms with Crippen LogP contribution in [-0.2, 0) is 4.79 Å². The van der Waals surface area contributed by atoms with Gasteiger partial charge in [0.1, 0.15) is 6.04 Å². The van der Waals surface area contributed by atoms with Crippen LogP contribution in [0.4, 0.5) is 11.4 Å². The number of hydrogen-bond donors (Lipinski definition) is 1. The number of amides is 1. The fraction of sp³-hybridized carbons (Fsp3) is 0.188. The highest BCUT2D eigenvalue weighted by Crippen LogP contribution is 2.40. The minimum atomic E-state index is -0.407. The van der Waals surface area contributed by atoms with E-state index < -0.39 is 6.04 Å². The van der Waals surface area contributed by atoms with E-state index >= 15 is 0 Å². The van der Waals surface area contributed by atoms with Crippen molar-refractivity contribution in [3.05, 3.63) is 58.1 Å². The van der Waals surface area contributed by atoms with Crippen molar-refractivity contribution >= 4 is 40.5 Å². The highest BCUT2D eigenvalue weighted by atomic mass is 35.5. The van der Waals surface area contributed by atoms with Gasteiger partial charge in [-0.1, -0.05) is 53.5 Å². The predicted molar refractivity (Wildman–Crippen MR) is 87.3 cm³/mol. The largest absolute Gasteiger partial charge is 0.368 e. The number of rotatable bonds is 2. The van der Waals surface area contributed by atoms with Crippen molar-refractivity contribution in [1.82, 2.24) is 0 Å².